The van der Waals surface area contributed by atoms with Crippen LogP contribution in [0.15, 0.2) is 83.5 Å². The number of esters is 1. The standard InChI is InChI=1S/C25H20INO4/c1-2-29-23-15-17(12-13-22(23)30-16-19-10-6-7-11-20(19)26)14-21-25(28)31-24(27-21)18-8-4-3-5-9-18/h3-15H,2,16H2,1H3/b21-14-. The molecule has 156 valence electrons. The average molecular weight is 525 g/mol. The molecular formula is C25H20INO4. The van der Waals surface area contributed by atoms with Gasteiger partial charge in [-0.1, -0.05) is 42.5 Å². The molecule has 0 aromatic heterocycles. The summed E-state index contributed by atoms with van der Waals surface area (Å²) in [5.41, 5.74) is 2.88. The molecule has 0 aliphatic carbocycles. The van der Waals surface area contributed by atoms with E-state index in [1.165, 1.54) is 0 Å². The van der Waals surface area contributed by atoms with Gasteiger partial charge >= 0.3 is 5.97 Å². The molecule has 0 spiro atoms. The molecule has 0 bridgehead atoms. The van der Waals surface area contributed by atoms with Gasteiger partial charge in [-0.3, -0.25) is 0 Å². The summed E-state index contributed by atoms with van der Waals surface area (Å²) in [6, 6.07) is 23.0. The summed E-state index contributed by atoms with van der Waals surface area (Å²) >= 11 is 2.29. The fraction of sp³-hybridized carbons (Fsp3) is 0.120. The molecule has 1 aliphatic rings. The third-order valence-electron chi connectivity index (χ3n) is 4.55. The van der Waals surface area contributed by atoms with Crippen molar-refractivity contribution in [1.82, 2.24) is 0 Å². The molecule has 0 saturated heterocycles. The fourth-order valence-electron chi connectivity index (χ4n) is 3.04. The first kappa shape index (κ1) is 21.1. The molecule has 5 nitrogen and oxygen atoms in total. The van der Waals surface area contributed by atoms with E-state index in [4.69, 9.17) is 14.2 Å². The lowest BCUT2D eigenvalue weighted by atomic mass is 10.1. The average Bonchev–Trinajstić information content (AvgIpc) is 3.15. The van der Waals surface area contributed by atoms with Crippen LogP contribution in [0.25, 0.3) is 6.08 Å². The second kappa shape index (κ2) is 9.78. The van der Waals surface area contributed by atoms with Crippen molar-refractivity contribution < 1.29 is 19.0 Å². The van der Waals surface area contributed by atoms with Crippen LogP contribution in [0.1, 0.15) is 23.6 Å². The van der Waals surface area contributed by atoms with Crippen LogP contribution in [0, 0.1) is 3.57 Å². The van der Waals surface area contributed by atoms with E-state index in [1.54, 1.807) is 6.08 Å². The summed E-state index contributed by atoms with van der Waals surface area (Å²) in [6.07, 6.45) is 1.69. The van der Waals surface area contributed by atoms with Gasteiger partial charge in [-0.25, -0.2) is 9.79 Å². The van der Waals surface area contributed by atoms with E-state index in [-0.39, 0.29) is 5.70 Å². The lowest BCUT2D eigenvalue weighted by Gasteiger charge is -2.13. The number of hydrogen-bond donors (Lipinski definition) is 0. The van der Waals surface area contributed by atoms with Crippen LogP contribution in [0.2, 0.25) is 0 Å². The maximum atomic E-state index is 12.3. The van der Waals surface area contributed by atoms with Gasteiger partial charge in [0.05, 0.1) is 6.61 Å². The van der Waals surface area contributed by atoms with Crippen molar-refractivity contribution in [2.75, 3.05) is 6.61 Å². The number of halogens is 1. The molecule has 0 fully saturated rings. The number of hydrogen-bond acceptors (Lipinski definition) is 5. The largest absolute Gasteiger partial charge is 0.490 e. The highest BCUT2D eigenvalue weighted by molar-refractivity contribution is 14.1. The zero-order valence-corrected chi connectivity index (χ0v) is 19.0. The van der Waals surface area contributed by atoms with Crippen LogP contribution in [0.3, 0.4) is 0 Å². The number of ether oxygens (including phenoxy) is 3. The molecule has 0 atom stereocenters. The van der Waals surface area contributed by atoms with Gasteiger partial charge in [-0.15, -0.1) is 0 Å². The Bertz CT molecular complexity index is 1160. The zero-order valence-electron chi connectivity index (χ0n) is 16.9. The van der Waals surface area contributed by atoms with Crippen molar-refractivity contribution in [3.8, 4) is 11.5 Å². The topological polar surface area (TPSA) is 57.1 Å². The van der Waals surface area contributed by atoms with Gasteiger partial charge < -0.3 is 14.2 Å². The van der Waals surface area contributed by atoms with Crippen molar-refractivity contribution in [1.29, 1.82) is 0 Å². The third-order valence-corrected chi connectivity index (χ3v) is 5.61. The molecule has 4 rings (SSSR count). The Morgan fingerprint density at radius 3 is 2.52 bits per heavy atom. The van der Waals surface area contributed by atoms with Crippen LogP contribution < -0.4 is 9.47 Å². The summed E-state index contributed by atoms with van der Waals surface area (Å²) in [5.74, 6) is 1.09. The smallest absolute Gasteiger partial charge is 0.363 e. The number of carbonyl (C=O) groups excluding carboxylic acids is 1. The SMILES string of the molecule is CCOc1cc(/C=C2\N=C(c3ccccc3)OC2=O)ccc1OCc1ccccc1I. The maximum Gasteiger partial charge on any atom is 0.363 e. The van der Waals surface area contributed by atoms with Crippen molar-refractivity contribution >= 4 is 40.5 Å². The van der Waals surface area contributed by atoms with E-state index in [2.05, 4.69) is 27.6 Å². The summed E-state index contributed by atoms with van der Waals surface area (Å²) < 4.78 is 18.2. The van der Waals surface area contributed by atoms with Crippen molar-refractivity contribution in [3.05, 3.63) is 98.8 Å². The van der Waals surface area contributed by atoms with Crippen LogP contribution >= 0.6 is 22.6 Å². The van der Waals surface area contributed by atoms with E-state index < -0.39 is 5.97 Å². The first-order valence-corrected chi connectivity index (χ1v) is 10.9. The normalized spacial score (nSPS) is 14.3. The highest BCUT2D eigenvalue weighted by Crippen LogP contribution is 2.31. The van der Waals surface area contributed by atoms with Gasteiger partial charge in [0, 0.05) is 14.7 Å². The Kier molecular flexibility index (Phi) is 6.66. The molecular weight excluding hydrogens is 505 g/mol. The summed E-state index contributed by atoms with van der Waals surface area (Å²) in [5, 5.41) is 0. The minimum atomic E-state index is -0.476. The second-order valence-electron chi connectivity index (χ2n) is 6.72. The molecule has 3 aromatic carbocycles. The molecule has 0 amide bonds. The fourth-order valence-corrected chi connectivity index (χ4v) is 3.59. The number of cyclic esters (lactones) is 1. The summed E-state index contributed by atoms with van der Waals surface area (Å²) in [4.78, 5) is 16.6. The number of aliphatic imine (C=N–C) groups is 1. The van der Waals surface area contributed by atoms with E-state index in [0.29, 0.717) is 30.6 Å². The van der Waals surface area contributed by atoms with Gasteiger partial charge in [0.25, 0.3) is 0 Å². The van der Waals surface area contributed by atoms with Crippen LogP contribution in [-0.4, -0.2) is 18.5 Å². The number of rotatable bonds is 7. The minimum Gasteiger partial charge on any atom is -0.490 e. The highest BCUT2D eigenvalue weighted by atomic mass is 127. The molecule has 6 heteroatoms. The maximum absolute atomic E-state index is 12.3. The summed E-state index contributed by atoms with van der Waals surface area (Å²) in [6.45, 7) is 2.86. The predicted molar refractivity (Wildman–Crippen MR) is 128 cm³/mol. The molecule has 31 heavy (non-hydrogen) atoms. The van der Waals surface area contributed by atoms with Crippen molar-refractivity contribution in [2.45, 2.75) is 13.5 Å². The Balaban J connectivity index is 1.56. The Labute approximate surface area is 194 Å². The van der Waals surface area contributed by atoms with Gasteiger partial charge in [-0.2, -0.15) is 0 Å². The van der Waals surface area contributed by atoms with Crippen LogP contribution in [0.5, 0.6) is 11.5 Å². The van der Waals surface area contributed by atoms with Crippen molar-refractivity contribution in [2.24, 2.45) is 4.99 Å². The molecule has 1 heterocycles. The van der Waals surface area contributed by atoms with E-state index in [9.17, 15) is 4.79 Å². The monoisotopic (exact) mass is 525 g/mol. The minimum absolute atomic E-state index is 0.244. The van der Waals surface area contributed by atoms with Gasteiger partial charge in [0.15, 0.2) is 17.2 Å². The van der Waals surface area contributed by atoms with E-state index in [1.807, 2.05) is 79.7 Å². The molecule has 0 unspecified atom stereocenters. The molecule has 0 saturated carbocycles. The number of carbonyl (C=O) groups is 1. The van der Waals surface area contributed by atoms with Crippen LogP contribution in [0.4, 0.5) is 0 Å². The highest BCUT2D eigenvalue weighted by Gasteiger charge is 2.24. The Morgan fingerprint density at radius 2 is 1.74 bits per heavy atom. The lowest BCUT2D eigenvalue weighted by Crippen LogP contribution is -2.05. The first-order chi connectivity index (χ1) is 15.1. The second-order valence-corrected chi connectivity index (χ2v) is 7.88. The Morgan fingerprint density at radius 1 is 0.968 bits per heavy atom. The first-order valence-electron chi connectivity index (χ1n) is 9.85. The zero-order chi connectivity index (χ0) is 21.6. The van der Waals surface area contributed by atoms with Gasteiger partial charge in [-0.05, 0) is 71.5 Å². The van der Waals surface area contributed by atoms with Crippen LogP contribution in [-0.2, 0) is 16.1 Å². The Hall–Kier alpha value is -3.13. The van der Waals surface area contributed by atoms with E-state index >= 15 is 0 Å². The quantitative estimate of drug-likeness (QED) is 0.229. The lowest BCUT2D eigenvalue weighted by molar-refractivity contribution is -0.129. The molecule has 0 N–H and O–H groups in total. The molecule has 1 aliphatic heterocycles. The third kappa shape index (κ3) is 5.14. The summed E-state index contributed by atoms with van der Waals surface area (Å²) in [7, 11) is 0. The molecule has 3 aromatic rings. The van der Waals surface area contributed by atoms with E-state index in [0.717, 1.165) is 20.3 Å². The number of benzene rings is 3. The molecule has 0 radical (unpaired) electrons. The predicted octanol–water partition coefficient (Wildman–Crippen LogP) is 5.61. The van der Waals surface area contributed by atoms with Gasteiger partial charge in [0.1, 0.15) is 6.61 Å². The van der Waals surface area contributed by atoms with Gasteiger partial charge in [0.2, 0.25) is 5.90 Å². The van der Waals surface area contributed by atoms with Crippen molar-refractivity contribution in [3.63, 3.8) is 0 Å². The number of nitrogens with zero attached hydrogens (tertiary/aromatic N) is 1.